The van der Waals surface area contributed by atoms with Crippen molar-refractivity contribution < 1.29 is 24.6 Å². The fourth-order valence-electron chi connectivity index (χ4n) is 6.97. The molecular formula is C22H28O5. The number of aliphatic hydroxyl groups is 2. The van der Waals surface area contributed by atoms with E-state index in [2.05, 4.69) is 6.92 Å². The summed E-state index contributed by atoms with van der Waals surface area (Å²) >= 11 is 0. The Kier molecular flexibility index (Phi) is 3.97. The molecule has 0 aromatic heterocycles. The summed E-state index contributed by atoms with van der Waals surface area (Å²) in [7, 11) is 0. The topological polar surface area (TPSA) is 91.7 Å². The quantitative estimate of drug-likeness (QED) is 0.775. The molecule has 3 fully saturated rings. The number of aliphatic hydroxyl groups excluding tert-OH is 1. The molecule has 2 N–H and O–H groups in total. The van der Waals surface area contributed by atoms with Gasteiger partial charge in [-0.1, -0.05) is 25.0 Å². The highest BCUT2D eigenvalue weighted by atomic mass is 16.3. The standard InChI is InChI=1S/C22H28O5/c1-12-8-14(24)9-13-4-5-15-16-6-7-22(27,18(26)11-23)20(16,2)10-17(25)19(15)21(12,13)3/h8-9,15-16,19,23,27H,4-7,10-11H2,1-3H3/t15-,16?,19+,20+,21+,22+/m1/s1. The molecule has 6 atom stereocenters. The van der Waals surface area contributed by atoms with Gasteiger partial charge in [-0.25, -0.2) is 0 Å². The molecule has 0 radical (unpaired) electrons. The van der Waals surface area contributed by atoms with Crippen LogP contribution in [0.1, 0.15) is 52.9 Å². The van der Waals surface area contributed by atoms with E-state index in [0.29, 0.717) is 12.8 Å². The summed E-state index contributed by atoms with van der Waals surface area (Å²) in [6.45, 7) is 5.17. The van der Waals surface area contributed by atoms with E-state index >= 15 is 0 Å². The maximum Gasteiger partial charge on any atom is 0.190 e. The van der Waals surface area contributed by atoms with Gasteiger partial charge >= 0.3 is 0 Å². The van der Waals surface area contributed by atoms with E-state index in [9.17, 15) is 24.6 Å². The smallest absolute Gasteiger partial charge is 0.190 e. The Bertz CT molecular complexity index is 808. The van der Waals surface area contributed by atoms with Crippen LogP contribution in [0, 0.1) is 28.6 Å². The molecule has 0 heterocycles. The largest absolute Gasteiger partial charge is 0.388 e. The molecule has 5 heteroatoms. The second kappa shape index (κ2) is 5.71. The second-order valence-electron chi connectivity index (χ2n) is 9.43. The number of hydrogen-bond acceptors (Lipinski definition) is 5. The van der Waals surface area contributed by atoms with E-state index in [1.807, 2.05) is 13.8 Å². The van der Waals surface area contributed by atoms with Gasteiger partial charge in [-0.3, -0.25) is 14.4 Å². The predicted molar refractivity (Wildman–Crippen MR) is 98.7 cm³/mol. The Labute approximate surface area is 159 Å². The Morgan fingerprint density at radius 3 is 2.59 bits per heavy atom. The van der Waals surface area contributed by atoms with Gasteiger partial charge in [-0.15, -0.1) is 0 Å². The van der Waals surface area contributed by atoms with Crippen LogP contribution in [0.2, 0.25) is 0 Å². The minimum absolute atomic E-state index is 0.00435. The molecule has 146 valence electrons. The number of carbonyl (C=O) groups excluding carboxylic acids is 3. The zero-order chi connectivity index (χ0) is 19.8. The van der Waals surface area contributed by atoms with Gasteiger partial charge in [0.05, 0.1) is 0 Å². The maximum atomic E-state index is 13.4. The van der Waals surface area contributed by atoms with Gasteiger partial charge in [0, 0.05) is 23.2 Å². The van der Waals surface area contributed by atoms with Gasteiger partial charge in [0.25, 0.3) is 0 Å². The lowest BCUT2D eigenvalue weighted by molar-refractivity contribution is -0.169. The molecule has 27 heavy (non-hydrogen) atoms. The third-order valence-corrected chi connectivity index (χ3v) is 8.55. The van der Waals surface area contributed by atoms with E-state index in [-0.39, 0.29) is 35.7 Å². The van der Waals surface area contributed by atoms with Crippen molar-refractivity contribution in [1.29, 1.82) is 0 Å². The van der Waals surface area contributed by atoms with Gasteiger partial charge < -0.3 is 10.2 Å². The average Bonchev–Trinajstić information content (AvgIpc) is 2.87. The van der Waals surface area contributed by atoms with E-state index in [1.54, 1.807) is 12.2 Å². The van der Waals surface area contributed by atoms with Crippen LogP contribution in [0.15, 0.2) is 23.3 Å². The zero-order valence-electron chi connectivity index (χ0n) is 16.2. The third kappa shape index (κ3) is 2.16. The Morgan fingerprint density at radius 2 is 1.93 bits per heavy atom. The molecule has 0 saturated heterocycles. The molecule has 4 aliphatic carbocycles. The van der Waals surface area contributed by atoms with Gasteiger partial charge in [-0.05, 0) is 56.6 Å². The SMILES string of the molecule is CC1=CC(=O)C=C2CC[C@@H]3C4CC[C@](O)(C(=O)CO)[C@@]4(C)CC(=O)[C@H]3[C@@]12C. The molecule has 0 aromatic rings. The number of allylic oxidation sites excluding steroid dienone is 4. The summed E-state index contributed by atoms with van der Waals surface area (Å²) in [6.07, 6.45) is 6.03. The molecule has 4 aliphatic rings. The van der Waals surface area contributed by atoms with Crippen LogP contribution in [-0.2, 0) is 14.4 Å². The number of ketones is 3. The fraction of sp³-hybridized carbons (Fsp3) is 0.682. The first kappa shape index (κ1) is 18.8. The normalized spacial score (nSPS) is 46.2. The van der Waals surface area contributed by atoms with Gasteiger partial charge in [0.15, 0.2) is 11.6 Å². The lowest BCUT2D eigenvalue weighted by Crippen LogP contribution is -2.61. The monoisotopic (exact) mass is 372 g/mol. The minimum atomic E-state index is -1.63. The molecule has 5 nitrogen and oxygen atoms in total. The van der Waals surface area contributed by atoms with Crippen molar-refractivity contribution in [2.75, 3.05) is 6.61 Å². The molecule has 4 rings (SSSR count). The predicted octanol–water partition coefficient (Wildman–Crippen LogP) is 2.16. The minimum Gasteiger partial charge on any atom is -0.388 e. The molecule has 0 spiro atoms. The Hall–Kier alpha value is -1.59. The lowest BCUT2D eigenvalue weighted by Gasteiger charge is -2.57. The van der Waals surface area contributed by atoms with Crippen LogP contribution in [-0.4, -0.2) is 39.8 Å². The van der Waals surface area contributed by atoms with Crippen molar-refractivity contribution in [3.05, 3.63) is 23.3 Å². The highest BCUT2D eigenvalue weighted by molar-refractivity contribution is 6.02. The van der Waals surface area contributed by atoms with Crippen molar-refractivity contribution in [2.45, 2.75) is 58.5 Å². The van der Waals surface area contributed by atoms with Crippen LogP contribution in [0.3, 0.4) is 0 Å². The maximum absolute atomic E-state index is 13.4. The summed E-state index contributed by atoms with van der Waals surface area (Å²) in [5.41, 5.74) is -0.916. The third-order valence-electron chi connectivity index (χ3n) is 8.55. The van der Waals surface area contributed by atoms with Crippen LogP contribution < -0.4 is 0 Å². The average molecular weight is 372 g/mol. The molecule has 0 aliphatic heterocycles. The Balaban J connectivity index is 1.79. The van der Waals surface area contributed by atoms with Gasteiger partial charge in [0.2, 0.25) is 0 Å². The van der Waals surface area contributed by atoms with Crippen LogP contribution in [0.5, 0.6) is 0 Å². The Morgan fingerprint density at radius 1 is 1.22 bits per heavy atom. The first-order chi connectivity index (χ1) is 12.6. The van der Waals surface area contributed by atoms with Crippen molar-refractivity contribution in [3.8, 4) is 0 Å². The van der Waals surface area contributed by atoms with Crippen LogP contribution in [0.25, 0.3) is 0 Å². The van der Waals surface area contributed by atoms with Crippen LogP contribution >= 0.6 is 0 Å². The number of carbonyl (C=O) groups is 3. The zero-order valence-corrected chi connectivity index (χ0v) is 16.2. The highest BCUT2D eigenvalue weighted by Gasteiger charge is 2.68. The molecule has 3 saturated carbocycles. The molecule has 1 unspecified atom stereocenters. The van der Waals surface area contributed by atoms with E-state index in [1.165, 1.54) is 0 Å². The molecule has 0 bridgehead atoms. The van der Waals surface area contributed by atoms with Crippen LogP contribution in [0.4, 0.5) is 0 Å². The summed E-state index contributed by atoms with van der Waals surface area (Å²) in [5.74, 6) is -0.581. The summed E-state index contributed by atoms with van der Waals surface area (Å²) < 4.78 is 0. The number of hydrogen-bond donors (Lipinski definition) is 2. The highest BCUT2D eigenvalue weighted by Crippen LogP contribution is 2.66. The first-order valence-electron chi connectivity index (χ1n) is 9.92. The van der Waals surface area contributed by atoms with Gasteiger partial charge in [-0.2, -0.15) is 0 Å². The number of Topliss-reactive ketones (excluding diaryl/α,β-unsaturated/α-hetero) is 2. The molecule has 0 aromatic carbocycles. The number of rotatable bonds is 2. The number of fused-ring (bicyclic) bond motifs is 5. The molecular weight excluding hydrogens is 344 g/mol. The van der Waals surface area contributed by atoms with E-state index < -0.39 is 28.8 Å². The van der Waals surface area contributed by atoms with E-state index in [4.69, 9.17) is 0 Å². The first-order valence-corrected chi connectivity index (χ1v) is 9.92. The molecule has 0 amide bonds. The van der Waals surface area contributed by atoms with Crippen molar-refractivity contribution in [1.82, 2.24) is 0 Å². The van der Waals surface area contributed by atoms with Crippen molar-refractivity contribution >= 4 is 17.3 Å². The second-order valence-corrected chi connectivity index (χ2v) is 9.43. The summed E-state index contributed by atoms with van der Waals surface area (Å²) in [4.78, 5) is 37.8. The van der Waals surface area contributed by atoms with Gasteiger partial charge in [0.1, 0.15) is 18.0 Å². The fourth-order valence-corrected chi connectivity index (χ4v) is 6.97. The van der Waals surface area contributed by atoms with E-state index in [0.717, 1.165) is 24.0 Å². The summed E-state index contributed by atoms with van der Waals surface area (Å²) in [5, 5.41) is 20.6. The van der Waals surface area contributed by atoms with Crippen molar-refractivity contribution in [3.63, 3.8) is 0 Å². The summed E-state index contributed by atoms with van der Waals surface area (Å²) in [6, 6.07) is 0. The van der Waals surface area contributed by atoms with Crippen molar-refractivity contribution in [2.24, 2.45) is 28.6 Å². The lowest BCUT2D eigenvalue weighted by atomic mass is 9.45.